The quantitative estimate of drug-likeness (QED) is 0.214. The highest BCUT2D eigenvalue weighted by Crippen LogP contribution is 2.42. The molecule has 200 valence electrons. The molecule has 0 unspecified atom stereocenters. The van der Waals surface area contributed by atoms with Gasteiger partial charge in [-0.05, 0) is 86.8 Å². The largest absolute Gasteiger partial charge is 0.466 e. The Bertz CT molecular complexity index is 814. The third kappa shape index (κ3) is 9.37. The normalized spacial score (nSPS) is 24.2. The summed E-state index contributed by atoms with van der Waals surface area (Å²) in [5, 5.41) is 0. The summed E-state index contributed by atoms with van der Waals surface area (Å²) in [7, 11) is 0. The van der Waals surface area contributed by atoms with Gasteiger partial charge in [0.1, 0.15) is 5.78 Å². The van der Waals surface area contributed by atoms with Crippen molar-refractivity contribution in [2.45, 2.75) is 104 Å². The van der Waals surface area contributed by atoms with Crippen LogP contribution in [0.4, 0.5) is 0 Å². The van der Waals surface area contributed by atoms with Crippen molar-refractivity contribution in [3.05, 3.63) is 35.4 Å². The molecule has 0 saturated heterocycles. The van der Waals surface area contributed by atoms with Gasteiger partial charge in [-0.15, -0.1) is 0 Å². The fraction of sp³-hybridized carbons (Fsp3) is 0.710. The van der Waals surface area contributed by atoms with Crippen LogP contribution in [0.5, 0.6) is 0 Å². The van der Waals surface area contributed by atoms with Crippen molar-refractivity contribution < 1.29 is 23.9 Å². The first-order valence-electron chi connectivity index (χ1n) is 14.4. The standard InChI is InChI=1S/C31H46O5/c1-3-4-7-24-8-12-26(13-9-24)27-16-18-28(19-17-27)30(33)22-25-10-14-29(15-11-25)31(34)36-21-6-5-20-35-23(2)32/h10-11,14-15,24,26-28H,3-9,12-13,16-22H2,1-2H3. The van der Waals surface area contributed by atoms with Crippen LogP contribution in [0.25, 0.3) is 0 Å². The zero-order valence-corrected chi connectivity index (χ0v) is 22.5. The molecule has 5 nitrogen and oxygen atoms in total. The predicted molar refractivity (Wildman–Crippen MR) is 142 cm³/mol. The van der Waals surface area contributed by atoms with Crippen LogP contribution in [0.1, 0.15) is 113 Å². The highest BCUT2D eigenvalue weighted by atomic mass is 16.5. The van der Waals surface area contributed by atoms with Gasteiger partial charge in [0.15, 0.2) is 0 Å². The van der Waals surface area contributed by atoms with E-state index in [1.54, 1.807) is 12.1 Å². The Kier molecular flexibility index (Phi) is 12.0. The smallest absolute Gasteiger partial charge is 0.338 e. The van der Waals surface area contributed by atoms with E-state index in [1.807, 2.05) is 12.1 Å². The number of carbonyl (C=O) groups excluding carboxylic acids is 3. The van der Waals surface area contributed by atoms with Gasteiger partial charge < -0.3 is 9.47 Å². The number of hydrogen-bond donors (Lipinski definition) is 0. The van der Waals surface area contributed by atoms with E-state index in [9.17, 15) is 14.4 Å². The number of hydrogen-bond acceptors (Lipinski definition) is 5. The summed E-state index contributed by atoms with van der Waals surface area (Å²) in [6, 6.07) is 7.24. The van der Waals surface area contributed by atoms with Crippen LogP contribution < -0.4 is 0 Å². The molecule has 36 heavy (non-hydrogen) atoms. The van der Waals surface area contributed by atoms with Crippen LogP contribution in [0.15, 0.2) is 24.3 Å². The molecular weight excluding hydrogens is 452 g/mol. The number of Topliss-reactive ketones (excluding diaryl/α,β-unsaturated/α-hetero) is 1. The molecule has 0 heterocycles. The highest BCUT2D eigenvalue weighted by Gasteiger charge is 2.32. The summed E-state index contributed by atoms with van der Waals surface area (Å²) in [4.78, 5) is 35.9. The van der Waals surface area contributed by atoms with E-state index < -0.39 is 0 Å². The second kappa shape index (κ2) is 15.2. The Labute approximate surface area is 217 Å². The lowest BCUT2D eigenvalue weighted by Crippen LogP contribution is -2.29. The molecule has 0 aromatic heterocycles. The zero-order valence-electron chi connectivity index (χ0n) is 22.5. The zero-order chi connectivity index (χ0) is 25.8. The van der Waals surface area contributed by atoms with E-state index in [4.69, 9.17) is 9.47 Å². The molecule has 3 rings (SSSR count). The van der Waals surface area contributed by atoms with E-state index in [-0.39, 0.29) is 17.9 Å². The molecule has 2 aliphatic carbocycles. The van der Waals surface area contributed by atoms with Gasteiger partial charge in [0, 0.05) is 19.3 Å². The van der Waals surface area contributed by atoms with Crippen molar-refractivity contribution >= 4 is 17.7 Å². The van der Waals surface area contributed by atoms with Crippen LogP contribution >= 0.6 is 0 Å². The van der Waals surface area contributed by atoms with Gasteiger partial charge in [-0.25, -0.2) is 4.79 Å². The summed E-state index contributed by atoms with van der Waals surface area (Å²) in [5.41, 5.74) is 1.46. The molecule has 0 aliphatic heterocycles. The third-order valence-corrected chi connectivity index (χ3v) is 8.40. The molecule has 5 heteroatoms. The molecule has 2 saturated carbocycles. The van der Waals surface area contributed by atoms with Gasteiger partial charge in [0.25, 0.3) is 0 Å². The van der Waals surface area contributed by atoms with Crippen LogP contribution in [0.3, 0.4) is 0 Å². The van der Waals surface area contributed by atoms with Crippen LogP contribution in [-0.2, 0) is 25.5 Å². The number of carbonyl (C=O) groups is 3. The molecule has 2 fully saturated rings. The fourth-order valence-corrected chi connectivity index (χ4v) is 6.13. The summed E-state index contributed by atoms with van der Waals surface area (Å²) in [5.74, 6) is 2.56. The summed E-state index contributed by atoms with van der Waals surface area (Å²) >= 11 is 0. The van der Waals surface area contributed by atoms with Gasteiger partial charge in [0.05, 0.1) is 18.8 Å². The van der Waals surface area contributed by atoms with E-state index in [0.717, 1.165) is 36.2 Å². The van der Waals surface area contributed by atoms with Crippen LogP contribution in [0.2, 0.25) is 0 Å². The van der Waals surface area contributed by atoms with Crippen molar-refractivity contribution in [2.24, 2.45) is 23.7 Å². The molecule has 0 radical (unpaired) electrons. The number of ketones is 1. The molecule has 1 aromatic rings. The number of unbranched alkanes of at least 4 members (excludes halogenated alkanes) is 2. The minimum atomic E-state index is -0.363. The van der Waals surface area contributed by atoms with Crippen molar-refractivity contribution in [3.8, 4) is 0 Å². The number of rotatable bonds is 13. The molecule has 0 N–H and O–H groups in total. The average molecular weight is 499 g/mol. The Balaban J connectivity index is 1.33. The summed E-state index contributed by atoms with van der Waals surface area (Å²) in [6.07, 6.45) is 16.0. The maximum Gasteiger partial charge on any atom is 0.338 e. The Hall–Kier alpha value is -2.17. The third-order valence-electron chi connectivity index (χ3n) is 8.40. The Morgan fingerprint density at radius 1 is 0.778 bits per heavy atom. The number of ether oxygens (including phenoxy) is 2. The minimum absolute atomic E-state index is 0.193. The van der Waals surface area contributed by atoms with Gasteiger partial charge in [-0.2, -0.15) is 0 Å². The maximum atomic E-state index is 13.0. The minimum Gasteiger partial charge on any atom is -0.466 e. The van der Waals surface area contributed by atoms with E-state index >= 15 is 0 Å². The van der Waals surface area contributed by atoms with Crippen molar-refractivity contribution in [2.75, 3.05) is 13.2 Å². The van der Waals surface area contributed by atoms with Crippen molar-refractivity contribution in [1.29, 1.82) is 0 Å². The van der Waals surface area contributed by atoms with Gasteiger partial charge >= 0.3 is 11.9 Å². The molecule has 1 aromatic carbocycles. The lowest BCUT2D eigenvalue weighted by molar-refractivity contribution is -0.141. The van der Waals surface area contributed by atoms with E-state index in [2.05, 4.69) is 6.92 Å². The lowest BCUT2D eigenvalue weighted by Gasteiger charge is -2.37. The second-order valence-electron chi connectivity index (χ2n) is 11.1. The number of esters is 2. The highest BCUT2D eigenvalue weighted by molar-refractivity contribution is 5.89. The topological polar surface area (TPSA) is 69.7 Å². The maximum absolute atomic E-state index is 13.0. The Morgan fingerprint density at radius 3 is 1.94 bits per heavy atom. The van der Waals surface area contributed by atoms with Crippen LogP contribution in [-0.4, -0.2) is 30.9 Å². The van der Waals surface area contributed by atoms with E-state index in [0.29, 0.717) is 43.8 Å². The summed E-state index contributed by atoms with van der Waals surface area (Å²) in [6.45, 7) is 4.31. The van der Waals surface area contributed by atoms with Crippen molar-refractivity contribution in [3.63, 3.8) is 0 Å². The molecular formula is C31H46O5. The molecule has 2 aliphatic rings. The average Bonchev–Trinajstić information content (AvgIpc) is 2.90. The van der Waals surface area contributed by atoms with Crippen LogP contribution in [0, 0.1) is 23.7 Å². The second-order valence-corrected chi connectivity index (χ2v) is 11.1. The first-order valence-corrected chi connectivity index (χ1v) is 14.4. The lowest BCUT2D eigenvalue weighted by atomic mass is 9.68. The van der Waals surface area contributed by atoms with E-state index in [1.165, 1.54) is 64.7 Å². The monoisotopic (exact) mass is 498 g/mol. The van der Waals surface area contributed by atoms with Gasteiger partial charge in [-0.1, -0.05) is 51.2 Å². The van der Waals surface area contributed by atoms with Gasteiger partial charge in [-0.3, -0.25) is 9.59 Å². The predicted octanol–water partition coefficient (Wildman–Crippen LogP) is 7.10. The first kappa shape index (κ1) is 28.4. The summed E-state index contributed by atoms with van der Waals surface area (Å²) < 4.78 is 10.2. The van der Waals surface area contributed by atoms with Crippen molar-refractivity contribution in [1.82, 2.24) is 0 Å². The molecule has 0 atom stereocenters. The fourth-order valence-electron chi connectivity index (χ4n) is 6.13. The molecule has 0 amide bonds. The Morgan fingerprint density at radius 2 is 1.36 bits per heavy atom. The SMILES string of the molecule is CCCCC1CCC(C2CCC(C(=O)Cc3ccc(C(=O)OCCCCOC(C)=O)cc3)CC2)CC1. The number of benzene rings is 1. The first-order chi connectivity index (χ1) is 17.5. The molecule has 0 spiro atoms. The molecule has 0 bridgehead atoms. The van der Waals surface area contributed by atoms with Gasteiger partial charge in [0.2, 0.25) is 0 Å².